The van der Waals surface area contributed by atoms with Gasteiger partial charge in [0.05, 0.1) is 0 Å². The topological polar surface area (TPSA) is 34.0 Å². The molecule has 3 nitrogen and oxygen atoms in total. The van der Waals surface area contributed by atoms with Crippen LogP contribution in [0.2, 0.25) is 0 Å². The van der Waals surface area contributed by atoms with Crippen LogP contribution in [0.25, 0.3) is 5.69 Å². The lowest BCUT2D eigenvalue weighted by atomic mass is 10.1. The highest BCUT2D eigenvalue weighted by Gasteiger charge is 2.13. The Hall–Kier alpha value is -2.81. The molecule has 1 aliphatic rings. The smallest absolute Gasteiger partial charge is 0.255 e. The van der Waals surface area contributed by atoms with Crippen molar-refractivity contribution in [2.75, 3.05) is 5.32 Å². The predicted molar refractivity (Wildman–Crippen MR) is 102 cm³/mol. The van der Waals surface area contributed by atoms with Gasteiger partial charge < -0.3 is 9.88 Å². The fourth-order valence-electron chi connectivity index (χ4n) is 3.69. The normalized spacial score (nSPS) is 12.9. The molecule has 0 saturated heterocycles. The van der Waals surface area contributed by atoms with Crippen LogP contribution < -0.4 is 5.32 Å². The van der Waals surface area contributed by atoms with Crippen LogP contribution in [-0.2, 0) is 12.8 Å². The summed E-state index contributed by atoms with van der Waals surface area (Å²) in [7, 11) is 0. The summed E-state index contributed by atoms with van der Waals surface area (Å²) in [4.78, 5) is 12.5. The van der Waals surface area contributed by atoms with E-state index < -0.39 is 0 Å². The summed E-state index contributed by atoms with van der Waals surface area (Å²) in [6.45, 7) is 4.17. The van der Waals surface area contributed by atoms with E-state index in [9.17, 15) is 4.79 Å². The summed E-state index contributed by atoms with van der Waals surface area (Å²) in [5.74, 6) is -0.0644. The molecule has 0 bridgehead atoms. The summed E-state index contributed by atoms with van der Waals surface area (Å²) >= 11 is 0. The Kier molecular flexibility index (Phi) is 3.92. The molecule has 126 valence electrons. The molecule has 0 radical (unpaired) electrons. The van der Waals surface area contributed by atoms with Crippen molar-refractivity contribution in [2.45, 2.75) is 33.1 Å². The van der Waals surface area contributed by atoms with Crippen LogP contribution >= 0.6 is 0 Å². The lowest BCUT2D eigenvalue weighted by Gasteiger charge is -2.11. The summed E-state index contributed by atoms with van der Waals surface area (Å²) in [6.07, 6.45) is 3.49. The first-order valence-electron chi connectivity index (χ1n) is 8.80. The molecule has 0 fully saturated rings. The number of nitrogens with zero attached hydrogens (tertiary/aromatic N) is 1. The fraction of sp³-hybridized carbons (Fsp3) is 0.227. The number of rotatable bonds is 3. The number of aryl methyl sites for hydroxylation is 4. The SMILES string of the molecule is Cc1ccc(C)n1-c1ccc(C(=O)Nc2ccc3c(c2)CCC3)cc1. The molecule has 4 rings (SSSR count). The second kappa shape index (κ2) is 6.25. The van der Waals surface area contributed by atoms with Gasteiger partial charge in [0.15, 0.2) is 0 Å². The average Bonchev–Trinajstić information content (AvgIpc) is 3.21. The van der Waals surface area contributed by atoms with Crippen LogP contribution in [0.5, 0.6) is 0 Å². The van der Waals surface area contributed by atoms with Crippen molar-refractivity contribution in [1.29, 1.82) is 0 Å². The minimum atomic E-state index is -0.0644. The van der Waals surface area contributed by atoms with E-state index in [0.29, 0.717) is 5.56 Å². The zero-order valence-corrected chi connectivity index (χ0v) is 14.7. The largest absolute Gasteiger partial charge is 0.322 e. The van der Waals surface area contributed by atoms with Crippen molar-refractivity contribution in [3.63, 3.8) is 0 Å². The molecular weight excluding hydrogens is 308 g/mol. The van der Waals surface area contributed by atoms with Gasteiger partial charge in [-0.05, 0) is 92.8 Å². The first-order valence-corrected chi connectivity index (χ1v) is 8.80. The minimum Gasteiger partial charge on any atom is -0.322 e. The average molecular weight is 330 g/mol. The number of carbonyl (C=O) groups excluding carboxylic acids is 1. The Bertz CT molecular complexity index is 916. The van der Waals surface area contributed by atoms with Gasteiger partial charge in [-0.1, -0.05) is 6.07 Å². The van der Waals surface area contributed by atoms with Crippen LogP contribution in [0.15, 0.2) is 54.6 Å². The van der Waals surface area contributed by atoms with Crippen LogP contribution in [0.1, 0.15) is 39.3 Å². The number of aromatic nitrogens is 1. The van der Waals surface area contributed by atoms with E-state index in [0.717, 1.165) is 24.2 Å². The van der Waals surface area contributed by atoms with Gasteiger partial charge in [-0.3, -0.25) is 4.79 Å². The summed E-state index contributed by atoms with van der Waals surface area (Å²) in [6, 6.07) is 18.2. The van der Waals surface area contributed by atoms with E-state index in [4.69, 9.17) is 0 Å². The fourth-order valence-corrected chi connectivity index (χ4v) is 3.69. The highest BCUT2D eigenvalue weighted by atomic mass is 16.1. The third-order valence-corrected chi connectivity index (χ3v) is 5.02. The van der Waals surface area contributed by atoms with Crippen LogP contribution in [0.4, 0.5) is 5.69 Å². The molecule has 1 aliphatic carbocycles. The number of nitrogens with one attached hydrogen (secondary N) is 1. The van der Waals surface area contributed by atoms with E-state index in [1.165, 1.54) is 28.9 Å². The van der Waals surface area contributed by atoms with Crippen molar-refractivity contribution < 1.29 is 4.79 Å². The number of hydrogen-bond acceptors (Lipinski definition) is 1. The standard InChI is InChI=1S/C22H22N2O/c1-15-6-7-16(2)24(15)21-12-9-18(10-13-21)22(25)23-20-11-8-17-4-3-5-19(17)14-20/h6-14H,3-5H2,1-2H3,(H,23,25). The quantitative estimate of drug-likeness (QED) is 0.733. The van der Waals surface area contributed by atoms with E-state index in [-0.39, 0.29) is 5.91 Å². The second-order valence-corrected chi connectivity index (χ2v) is 6.79. The van der Waals surface area contributed by atoms with Gasteiger partial charge >= 0.3 is 0 Å². The number of fused-ring (bicyclic) bond motifs is 1. The highest BCUT2D eigenvalue weighted by Crippen LogP contribution is 2.25. The van der Waals surface area contributed by atoms with Crippen molar-refractivity contribution in [1.82, 2.24) is 4.57 Å². The first-order chi connectivity index (χ1) is 12.1. The third kappa shape index (κ3) is 2.98. The maximum Gasteiger partial charge on any atom is 0.255 e. The van der Waals surface area contributed by atoms with E-state index in [2.05, 4.69) is 48.0 Å². The van der Waals surface area contributed by atoms with Crippen LogP contribution in [0.3, 0.4) is 0 Å². The molecule has 1 aromatic heterocycles. The molecule has 1 amide bonds. The van der Waals surface area contributed by atoms with E-state index >= 15 is 0 Å². The van der Waals surface area contributed by atoms with Gasteiger partial charge in [0.25, 0.3) is 5.91 Å². The number of anilines is 1. The molecule has 1 heterocycles. The molecular formula is C22H22N2O. The number of carbonyl (C=O) groups is 1. The highest BCUT2D eigenvalue weighted by molar-refractivity contribution is 6.04. The molecule has 0 saturated carbocycles. The van der Waals surface area contributed by atoms with Crippen molar-refractivity contribution in [3.8, 4) is 5.69 Å². The van der Waals surface area contributed by atoms with E-state index in [1.807, 2.05) is 30.3 Å². The maximum atomic E-state index is 12.5. The second-order valence-electron chi connectivity index (χ2n) is 6.79. The van der Waals surface area contributed by atoms with Gasteiger partial charge in [-0.2, -0.15) is 0 Å². The molecule has 25 heavy (non-hydrogen) atoms. The predicted octanol–water partition coefficient (Wildman–Crippen LogP) is 4.84. The molecule has 2 aromatic carbocycles. The molecule has 3 heteroatoms. The Morgan fingerprint density at radius 3 is 2.28 bits per heavy atom. The van der Waals surface area contributed by atoms with Gasteiger partial charge in [0.1, 0.15) is 0 Å². The monoisotopic (exact) mass is 330 g/mol. The number of amides is 1. The van der Waals surface area contributed by atoms with Crippen LogP contribution in [-0.4, -0.2) is 10.5 Å². The number of benzene rings is 2. The summed E-state index contributed by atoms with van der Waals surface area (Å²) in [5.41, 5.74) is 7.79. The Morgan fingerprint density at radius 2 is 1.56 bits per heavy atom. The summed E-state index contributed by atoms with van der Waals surface area (Å²) < 4.78 is 2.18. The van der Waals surface area contributed by atoms with Crippen molar-refractivity contribution >= 4 is 11.6 Å². The van der Waals surface area contributed by atoms with Gasteiger partial charge in [0, 0.05) is 28.3 Å². The molecule has 0 atom stereocenters. The molecule has 0 spiro atoms. The Morgan fingerprint density at radius 1 is 0.880 bits per heavy atom. The first kappa shape index (κ1) is 15.7. The molecule has 0 aliphatic heterocycles. The van der Waals surface area contributed by atoms with Gasteiger partial charge in [-0.15, -0.1) is 0 Å². The minimum absolute atomic E-state index is 0.0644. The van der Waals surface area contributed by atoms with Crippen LogP contribution in [0, 0.1) is 13.8 Å². The van der Waals surface area contributed by atoms with Gasteiger partial charge in [-0.25, -0.2) is 0 Å². The third-order valence-electron chi connectivity index (χ3n) is 5.02. The summed E-state index contributed by atoms with van der Waals surface area (Å²) in [5, 5.41) is 3.02. The maximum absolute atomic E-state index is 12.5. The van der Waals surface area contributed by atoms with Crippen molar-refractivity contribution in [3.05, 3.63) is 82.7 Å². The number of hydrogen-bond donors (Lipinski definition) is 1. The molecule has 1 N–H and O–H groups in total. The molecule has 0 unspecified atom stereocenters. The van der Waals surface area contributed by atoms with E-state index in [1.54, 1.807) is 0 Å². The molecule has 3 aromatic rings. The Labute approximate surface area is 148 Å². The lowest BCUT2D eigenvalue weighted by Crippen LogP contribution is -2.12. The zero-order chi connectivity index (χ0) is 17.4. The van der Waals surface area contributed by atoms with Gasteiger partial charge in [0.2, 0.25) is 0 Å². The Balaban J connectivity index is 1.53. The lowest BCUT2D eigenvalue weighted by molar-refractivity contribution is 0.102. The zero-order valence-electron chi connectivity index (χ0n) is 14.7. The van der Waals surface area contributed by atoms with Crippen molar-refractivity contribution in [2.24, 2.45) is 0 Å².